The number of nitrogens with zero attached hydrogens (tertiary/aromatic N) is 1. The SMILES string of the molecule is CCOC(=O)[C@@H](C#N)c1cc(Cl)cc(Br)c1. The van der Waals surface area contributed by atoms with E-state index in [2.05, 4.69) is 15.9 Å². The van der Waals surface area contributed by atoms with E-state index in [0.29, 0.717) is 10.6 Å². The normalized spacial score (nSPS) is 11.6. The molecule has 0 N–H and O–H groups in total. The predicted molar refractivity (Wildman–Crippen MR) is 64.1 cm³/mol. The van der Waals surface area contributed by atoms with E-state index in [9.17, 15) is 4.79 Å². The molecule has 84 valence electrons. The molecule has 1 aromatic rings. The van der Waals surface area contributed by atoms with Crippen LogP contribution in [0.1, 0.15) is 18.4 Å². The Labute approximate surface area is 107 Å². The molecular weight excluding hydrogens is 293 g/mol. The van der Waals surface area contributed by atoms with Crippen LogP contribution in [0.5, 0.6) is 0 Å². The van der Waals surface area contributed by atoms with E-state index in [1.54, 1.807) is 25.1 Å². The Bertz CT molecular complexity index is 422. The molecule has 0 aliphatic carbocycles. The number of hydrogen-bond acceptors (Lipinski definition) is 3. The summed E-state index contributed by atoms with van der Waals surface area (Å²) in [5.41, 5.74) is 0.528. The maximum Gasteiger partial charge on any atom is 0.327 e. The third-order valence-electron chi connectivity index (χ3n) is 1.87. The molecule has 1 aromatic carbocycles. The molecule has 1 rings (SSSR count). The monoisotopic (exact) mass is 301 g/mol. The number of rotatable bonds is 3. The Balaban J connectivity index is 3.05. The second-order valence-corrected chi connectivity index (χ2v) is 4.37. The molecule has 0 aromatic heterocycles. The fourth-order valence-electron chi connectivity index (χ4n) is 1.23. The summed E-state index contributed by atoms with van der Waals surface area (Å²) in [5, 5.41) is 9.42. The van der Waals surface area contributed by atoms with Gasteiger partial charge in [0.05, 0.1) is 12.7 Å². The van der Waals surface area contributed by atoms with Crippen LogP contribution in [0.15, 0.2) is 22.7 Å². The van der Waals surface area contributed by atoms with Crippen LogP contribution in [-0.4, -0.2) is 12.6 Å². The number of carbonyl (C=O) groups excluding carboxylic acids is 1. The fourth-order valence-corrected chi connectivity index (χ4v) is 2.12. The number of halogens is 2. The first-order valence-corrected chi connectivity index (χ1v) is 5.77. The highest BCUT2D eigenvalue weighted by Gasteiger charge is 2.22. The van der Waals surface area contributed by atoms with Crippen LogP contribution >= 0.6 is 27.5 Å². The topological polar surface area (TPSA) is 50.1 Å². The van der Waals surface area contributed by atoms with Gasteiger partial charge in [0.15, 0.2) is 5.92 Å². The summed E-state index contributed by atoms with van der Waals surface area (Å²) in [6.07, 6.45) is 0. The Morgan fingerprint density at radius 3 is 2.81 bits per heavy atom. The minimum atomic E-state index is -0.935. The van der Waals surface area contributed by atoms with Gasteiger partial charge in [0.2, 0.25) is 0 Å². The van der Waals surface area contributed by atoms with Crippen molar-refractivity contribution in [2.75, 3.05) is 6.61 Å². The van der Waals surface area contributed by atoms with Crippen LogP contribution in [0, 0.1) is 11.3 Å². The summed E-state index contributed by atoms with van der Waals surface area (Å²) < 4.78 is 5.53. The minimum Gasteiger partial charge on any atom is -0.465 e. The third kappa shape index (κ3) is 3.22. The second kappa shape index (κ2) is 5.88. The van der Waals surface area contributed by atoms with Gasteiger partial charge in [-0.2, -0.15) is 5.26 Å². The molecule has 0 amide bonds. The van der Waals surface area contributed by atoms with Gasteiger partial charge in [0.25, 0.3) is 0 Å². The molecule has 0 saturated carbocycles. The molecular formula is C11H9BrClNO2. The van der Waals surface area contributed by atoms with Crippen LogP contribution in [0.4, 0.5) is 0 Å². The summed E-state index contributed by atoms with van der Waals surface area (Å²) in [6, 6.07) is 6.85. The van der Waals surface area contributed by atoms with E-state index >= 15 is 0 Å². The van der Waals surface area contributed by atoms with Crippen molar-refractivity contribution in [2.45, 2.75) is 12.8 Å². The second-order valence-electron chi connectivity index (χ2n) is 3.02. The van der Waals surface area contributed by atoms with Gasteiger partial charge >= 0.3 is 5.97 Å². The Morgan fingerprint density at radius 2 is 2.31 bits per heavy atom. The Morgan fingerprint density at radius 1 is 1.62 bits per heavy atom. The fraction of sp³-hybridized carbons (Fsp3) is 0.273. The van der Waals surface area contributed by atoms with Crippen LogP contribution in [0.25, 0.3) is 0 Å². The lowest BCUT2D eigenvalue weighted by atomic mass is 10.0. The number of benzene rings is 1. The smallest absolute Gasteiger partial charge is 0.327 e. The van der Waals surface area contributed by atoms with Gasteiger partial charge in [-0.15, -0.1) is 0 Å². The van der Waals surface area contributed by atoms with Gasteiger partial charge < -0.3 is 4.74 Å². The number of carbonyl (C=O) groups is 1. The summed E-state index contributed by atoms with van der Waals surface area (Å²) in [7, 11) is 0. The van der Waals surface area contributed by atoms with E-state index < -0.39 is 11.9 Å². The van der Waals surface area contributed by atoms with Gasteiger partial charge in [-0.05, 0) is 30.7 Å². The Kier molecular flexibility index (Phi) is 4.78. The zero-order valence-electron chi connectivity index (χ0n) is 8.54. The quantitative estimate of drug-likeness (QED) is 0.805. The van der Waals surface area contributed by atoms with Crippen LogP contribution < -0.4 is 0 Å². The molecule has 16 heavy (non-hydrogen) atoms. The number of esters is 1. The van der Waals surface area contributed by atoms with E-state index in [1.165, 1.54) is 0 Å². The molecule has 0 radical (unpaired) electrons. The third-order valence-corrected chi connectivity index (χ3v) is 2.55. The lowest BCUT2D eigenvalue weighted by Gasteiger charge is -2.09. The molecule has 0 aliphatic rings. The standard InChI is InChI=1S/C11H9BrClNO2/c1-2-16-11(15)10(6-14)7-3-8(12)5-9(13)4-7/h3-5,10H,2H2,1H3/t10-/m0/s1. The zero-order chi connectivity index (χ0) is 12.1. The summed E-state index contributed by atoms with van der Waals surface area (Å²) in [6.45, 7) is 1.94. The summed E-state index contributed by atoms with van der Waals surface area (Å²) in [5.74, 6) is -1.49. The Hall–Kier alpha value is -1.05. The first-order chi connectivity index (χ1) is 7.58. The molecule has 3 nitrogen and oxygen atoms in total. The predicted octanol–water partition coefficient (Wildman–Crippen LogP) is 3.27. The minimum absolute atomic E-state index is 0.249. The van der Waals surface area contributed by atoms with Gasteiger partial charge in [0, 0.05) is 9.50 Å². The average molecular weight is 303 g/mol. The van der Waals surface area contributed by atoms with E-state index in [0.717, 1.165) is 4.47 Å². The molecule has 0 unspecified atom stereocenters. The van der Waals surface area contributed by atoms with Crippen molar-refractivity contribution in [3.8, 4) is 6.07 Å². The zero-order valence-corrected chi connectivity index (χ0v) is 10.9. The van der Waals surface area contributed by atoms with Crippen molar-refractivity contribution >= 4 is 33.5 Å². The highest BCUT2D eigenvalue weighted by molar-refractivity contribution is 9.10. The molecule has 0 aliphatic heterocycles. The highest BCUT2D eigenvalue weighted by atomic mass is 79.9. The van der Waals surface area contributed by atoms with Gasteiger partial charge in [-0.1, -0.05) is 27.5 Å². The lowest BCUT2D eigenvalue weighted by Crippen LogP contribution is -2.14. The van der Waals surface area contributed by atoms with Crippen molar-refractivity contribution in [3.05, 3.63) is 33.3 Å². The van der Waals surface area contributed by atoms with Crippen LogP contribution in [0.2, 0.25) is 5.02 Å². The number of hydrogen-bond donors (Lipinski definition) is 0. The van der Waals surface area contributed by atoms with Gasteiger partial charge in [-0.25, -0.2) is 0 Å². The van der Waals surface area contributed by atoms with Crippen molar-refractivity contribution in [1.29, 1.82) is 5.26 Å². The van der Waals surface area contributed by atoms with Crippen molar-refractivity contribution < 1.29 is 9.53 Å². The number of nitriles is 1. The largest absolute Gasteiger partial charge is 0.465 e. The average Bonchev–Trinajstić information content (AvgIpc) is 2.17. The van der Waals surface area contributed by atoms with Gasteiger partial charge in [0.1, 0.15) is 0 Å². The van der Waals surface area contributed by atoms with Gasteiger partial charge in [-0.3, -0.25) is 4.79 Å². The molecule has 1 atom stereocenters. The molecule has 5 heteroatoms. The van der Waals surface area contributed by atoms with E-state index in [1.807, 2.05) is 6.07 Å². The first kappa shape index (κ1) is 13.0. The van der Waals surface area contributed by atoms with Crippen molar-refractivity contribution in [2.24, 2.45) is 0 Å². The van der Waals surface area contributed by atoms with E-state index in [4.69, 9.17) is 21.6 Å². The molecule has 0 bridgehead atoms. The maximum atomic E-state index is 11.5. The highest BCUT2D eigenvalue weighted by Crippen LogP contribution is 2.25. The van der Waals surface area contributed by atoms with Crippen molar-refractivity contribution in [3.63, 3.8) is 0 Å². The summed E-state index contributed by atoms with van der Waals surface area (Å²) in [4.78, 5) is 11.5. The maximum absolute atomic E-state index is 11.5. The van der Waals surface area contributed by atoms with Crippen molar-refractivity contribution in [1.82, 2.24) is 0 Å². The van der Waals surface area contributed by atoms with E-state index in [-0.39, 0.29) is 6.61 Å². The molecule has 0 fully saturated rings. The molecule has 0 heterocycles. The van der Waals surface area contributed by atoms with Crippen LogP contribution in [0.3, 0.4) is 0 Å². The molecule has 0 spiro atoms. The lowest BCUT2D eigenvalue weighted by molar-refractivity contribution is -0.143. The van der Waals surface area contributed by atoms with Crippen LogP contribution in [-0.2, 0) is 9.53 Å². The summed E-state index contributed by atoms with van der Waals surface area (Å²) >= 11 is 9.09. The molecule has 0 saturated heterocycles. The first-order valence-electron chi connectivity index (χ1n) is 4.60. The number of ether oxygens (including phenoxy) is 1.